The lowest BCUT2D eigenvalue weighted by atomic mass is 9.77. The Labute approximate surface area is 112 Å². The number of methoxy groups -OCH3 is 1. The smallest absolute Gasteiger partial charge is 0.305 e. The average Bonchev–Trinajstić information content (AvgIpc) is 2.33. The van der Waals surface area contributed by atoms with E-state index >= 15 is 0 Å². The number of nitrogens with zero attached hydrogens (tertiary/aromatic N) is 1. The fraction of sp³-hybridized carbons (Fsp3) is 0.846. The molecule has 1 saturated heterocycles. The monoisotopic (exact) mass is 271 g/mol. The molecule has 2 rings (SSSR count). The van der Waals surface area contributed by atoms with Crippen molar-refractivity contribution in [3.05, 3.63) is 0 Å². The molecule has 0 bridgehead atoms. The first-order valence-electron chi connectivity index (χ1n) is 6.70. The van der Waals surface area contributed by atoms with Gasteiger partial charge < -0.3 is 19.5 Å². The lowest BCUT2D eigenvalue weighted by Crippen LogP contribution is -2.52. The van der Waals surface area contributed by atoms with Gasteiger partial charge in [-0.05, 0) is 19.3 Å². The van der Waals surface area contributed by atoms with Crippen molar-refractivity contribution in [2.75, 3.05) is 26.9 Å². The largest absolute Gasteiger partial charge is 0.481 e. The van der Waals surface area contributed by atoms with Gasteiger partial charge in [0.15, 0.2) is 0 Å². The number of ether oxygens (including phenoxy) is 2. The van der Waals surface area contributed by atoms with Crippen molar-refractivity contribution in [1.29, 1.82) is 0 Å². The van der Waals surface area contributed by atoms with Crippen LogP contribution in [-0.4, -0.2) is 60.4 Å². The second kappa shape index (κ2) is 5.88. The molecular weight excluding hydrogens is 250 g/mol. The van der Waals surface area contributed by atoms with E-state index in [1.165, 1.54) is 0 Å². The molecule has 1 atom stereocenters. The highest BCUT2D eigenvalue weighted by Gasteiger charge is 2.41. The molecule has 0 aromatic rings. The number of carboxylic acids is 1. The number of hydrogen-bond donors (Lipinski definition) is 1. The van der Waals surface area contributed by atoms with Crippen molar-refractivity contribution in [3.8, 4) is 0 Å². The zero-order valence-corrected chi connectivity index (χ0v) is 11.3. The molecule has 0 aromatic carbocycles. The van der Waals surface area contributed by atoms with E-state index in [1.807, 2.05) is 0 Å². The number of rotatable bonds is 5. The van der Waals surface area contributed by atoms with Gasteiger partial charge in [0, 0.05) is 13.7 Å². The number of morpholine rings is 1. The van der Waals surface area contributed by atoms with E-state index in [-0.39, 0.29) is 24.0 Å². The first kappa shape index (κ1) is 14.3. The molecule has 0 aromatic heterocycles. The van der Waals surface area contributed by atoms with Crippen LogP contribution < -0.4 is 0 Å². The summed E-state index contributed by atoms with van der Waals surface area (Å²) in [7, 11) is 1.64. The number of carboxylic acid groups (broad SMARTS) is 1. The van der Waals surface area contributed by atoms with Gasteiger partial charge in [-0.2, -0.15) is 0 Å². The number of carbonyl (C=O) groups is 2. The molecule has 1 heterocycles. The van der Waals surface area contributed by atoms with Crippen molar-refractivity contribution >= 4 is 11.9 Å². The van der Waals surface area contributed by atoms with Crippen LogP contribution in [0.3, 0.4) is 0 Å². The first-order valence-corrected chi connectivity index (χ1v) is 6.70. The van der Waals surface area contributed by atoms with E-state index in [0.29, 0.717) is 26.2 Å². The normalized spacial score (nSPS) is 25.7. The van der Waals surface area contributed by atoms with Gasteiger partial charge in [0.25, 0.3) is 0 Å². The molecule has 2 fully saturated rings. The topological polar surface area (TPSA) is 76.1 Å². The Morgan fingerprint density at radius 3 is 2.74 bits per heavy atom. The fourth-order valence-electron chi connectivity index (χ4n) is 2.76. The molecule has 6 heteroatoms. The third-order valence-corrected chi connectivity index (χ3v) is 4.13. The molecule has 19 heavy (non-hydrogen) atoms. The highest BCUT2D eigenvalue weighted by Crippen LogP contribution is 2.38. The van der Waals surface area contributed by atoms with E-state index in [2.05, 4.69) is 0 Å². The van der Waals surface area contributed by atoms with Gasteiger partial charge in [0.05, 0.1) is 37.7 Å². The summed E-state index contributed by atoms with van der Waals surface area (Å²) >= 11 is 0. The Bertz CT molecular complexity index is 347. The van der Waals surface area contributed by atoms with E-state index in [9.17, 15) is 9.59 Å². The summed E-state index contributed by atoms with van der Waals surface area (Å²) in [4.78, 5) is 24.8. The van der Waals surface area contributed by atoms with Gasteiger partial charge in [0.1, 0.15) is 0 Å². The average molecular weight is 271 g/mol. The molecular formula is C13H21NO5. The molecule has 1 aliphatic carbocycles. The lowest BCUT2D eigenvalue weighted by Gasteiger charge is -2.43. The highest BCUT2D eigenvalue weighted by molar-refractivity contribution is 5.79. The van der Waals surface area contributed by atoms with Crippen molar-refractivity contribution in [2.24, 2.45) is 0 Å². The van der Waals surface area contributed by atoms with Crippen molar-refractivity contribution in [1.82, 2.24) is 4.90 Å². The first-order chi connectivity index (χ1) is 9.06. The predicted octanol–water partition coefficient (Wildman–Crippen LogP) is 0.648. The Morgan fingerprint density at radius 1 is 1.47 bits per heavy atom. The van der Waals surface area contributed by atoms with E-state index in [0.717, 1.165) is 19.3 Å². The Morgan fingerprint density at radius 2 is 2.21 bits per heavy atom. The van der Waals surface area contributed by atoms with Crippen molar-refractivity contribution < 1.29 is 24.2 Å². The van der Waals surface area contributed by atoms with Crippen LogP contribution in [0.1, 0.15) is 32.1 Å². The van der Waals surface area contributed by atoms with Crippen LogP contribution >= 0.6 is 0 Å². The molecule has 1 saturated carbocycles. The summed E-state index contributed by atoms with van der Waals surface area (Å²) in [6.45, 7) is 1.25. The Balaban J connectivity index is 1.96. The summed E-state index contributed by atoms with van der Waals surface area (Å²) < 4.78 is 10.7. The van der Waals surface area contributed by atoms with Crippen LogP contribution in [0, 0.1) is 0 Å². The molecule has 0 radical (unpaired) electrons. The second-order valence-corrected chi connectivity index (χ2v) is 5.33. The van der Waals surface area contributed by atoms with Crippen LogP contribution in [0.2, 0.25) is 0 Å². The second-order valence-electron chi connectivity index (χ2n) is 5.33. The SMILES string of the molecule is COC1(CC(=O)N2CCOCC2CC(=O)O)CCC1. The van der Waals surface area contributed by atoms with Crippen LogP contribution in [-0.2, 0) is 19.1 Å². The van der Waals surface area contributed by atoms with Gasteiger partial charge in [-0.15, -0.1) is 0 Å². The number of carbonyl (C=O) groups excluding carboxylic acids is 1. The maximum atomic E-state index is 12.4. The number of amides is 1. The molecule has 0 spiro atoms. The quantitative estimate of drug-likeness (QED) is 0.794. The van der Waals surface area contributed by atoms with E-state index in [1.54, 1.807) is 12.0 Å². The van der Waals surface area contributed by atoms with E-state index in [4.69, 9.17) is 14.6 Å². The molecule has 1 aliphatic heterocycles. The van der Waals surface area contributed by atoms with Crippen LogP contribution in [0.5, 0.6) is 0 Å². The summed E-state index contributed by atoms with van der Waals surface area (Å²) in [6, 6.07) is -0.354. The third kappa shape index (κ3) is 3.25. The number of hydrogen-bond acceptors (Lipinski definition) is 4. The molecule has 108 valence electrons. The van der Waals surface area contributed by atoms with Crippen LogP contribution in [0.15, 0.2) is 0 Å². The summed E-state index contributed by atoms with van der Waals surface area (Å²) in [5, 5.41) is 8.88. The maximum Gasteiger partial charge on any atom is 0.305 e. The molecule has 1 unspecified atom stereocenters. The standard InChI is InChI=1S/C13H21NO5/c1-18-13(3-2-4-13)8-11(15)14-5-6-19-9-10(14)7-12(16)17/h10H,2-9H2,1H3,(H,16,17). The van der Waals surface area contributed by atoms with Crippen LogP contribution in [0.25, 0.3) is 0 Å². The minimum Gasteiger partial charge on any atom is -0.481 e. The minimum atomic E-state index is -0.904. The molecule has 2 aliphatic rings. The van der Waals surface area contributed by atoms with Gasteiger partial charge in [0.2, 0.25) is 5.91 Å². The van der Waals surface area contributed by atoms with Crippen molar-refractivity contribution in [3.63, 3.8) is 0 Å². The van der Waals surface area contributed by atoms with Gasteiger partial charge in [-0.1, -0.05) is 0 Å². The zero-order valence-electron chi connectivity index (χ0n) is 11.3. The zero-order chi connectivity index (χ0) is 13.9. The van der Waals surface area contributed by atoms with Crippen molar-refractivity contribution in [2.45, 2.75) is 43.7 Å². The molecule has 1 N–H and O–H groups in total. The predicted molar refractivity (Wildman–Crippen MR) is 66.8 cm³/mol. The molecule has 6 nitrogen and oxygen atoms in total. The summed E-state index contributed by atoms with van der Waals surface area (Å²) in [6.07, 6.45) is 3.18. The third-order valence-electron chi connectivity index (χ3n) is 4.13. The maximum absolute atomic E-state index is 12.4. The number of aliphatic carboxylic acids is 1. The van der Waals surface area contributed by atoms with Crippen LogP contribution in [0.4, 0.5) is 0 Å². The van der Waals surface area contributed by atoms with Gasteiger partial charge in [-0.25, -0.2) is 0 Å². The molecule has 1 amide bonds. The van der Waals surface area contributed by atoms with Gasteiger partial charge >= 0.3 is 5.97 Å². The Hall–Kier alpha value is -1.14. The minimum absolute atomic E-state index is 0.0175. The Kier molecular flexibility index (Phi) is 4.42. The highest BCUT2D eigenvalue weighted by atomic mass is 16.5. The summed E-state index contributed by atoms with van der Waals surface area (Å²) in [5.74, 6) is -0.922. The fourth-order valence-corrected chi connectivity index (χ4v) is 2.76. The lowest BCUT2D eigenvalue weighted by molar-refractivity contribution is -0.154. The van der Waals surface area contributed by atoms with E-state index < -0.39 is 5.97 Å². The summed E-state index contributed by atoms with van der Waals surface area (Å²) in [5.41, 5.74) is -0.316. The van der Waals surface area contributed by atoms with Gasteiger partial charge in [-0.3, -0.25) is 9.59 Å².